The van der Waals surface area contributed by atoms with E-state index in [0.29, 0.717) is 0 Å². The first-order valence-corrected chi connectivity index (χ1v) is 5.52. The first-order chi connectivity index (χ1) is 8.43. The molecule has 3 heterocycles. The minimum atomic E-state index is 0.956. The number of benzene rings is 1. The molecule has 0 amide bonds. The fraction of sp³-hybridized carbons (Fsp3) is 0. The lowest BCUT2D eigenvalue weighted by Crippen LogP contribution is -1.88. The third kappa shape index (κ3) is 1.11. The highest BCUT2D eigenvalue weighted by molar-refractivity contribution is 6.09. The minimum absolute atomic E-state index is 0.956. The van der Waals surface area contributed by atoms with Gasteiger partial charge in [-0.3, -0.25) is 0 Å². The average molecular weight is 219 g/mol. The van der Waals surface area contributed by atoms with Crippen LogP contribution in [0.3, 0.4) is 0 Å². The number of hydrogen-bond acceptors (Lipinski definition) is 2. The molecule has 0 saturated heterocycles. The Kier molecular flexibility index (Phi) is 1.56. The molecule has 3 aromatic heterocycles. The number of hydrogen-bond donors (Lipinski definition) is 0. The summed E-state index contributed by atoms with van der Waals surface area (Å²) in [6.45, 7) is 0. The van der Waals surface area contributed by atoms with Crippen LogP contribution >= 0.6 is 0 Å². The number of fused-ring (bicyclic) bond motifs is 5. The van der Waals surface area contributed by atoms with Gasteiger partial charge in [-0.15, -0.1) is 0 Å². The Bertz CT molecular complexity index is 846. The molecule has 0 radical (unpaired) electrons. The van der Waals surface area contributed by atoms with Crippen LogP contribution < -0.4 is 0 Å². The van der Waals surface area contributed by atoms with Crippen molar-refractivity contribution in [3.63, 3.8) is 0 Å². The molecule has 80 valence electrons. The summed E-state index contributed by atoms with van der Waals surface area (Å²) in [5.41, 5.74) is 3.13. The fourth-order valence-electron chi connectivity index (χ4n) is 2.35. The number of imidazole rings is 1. The second-order valence-electron chi connectivity index (χ2n) is 4.08. The summed E-state index contributed by atoms with van der Waals surface area (Å²) >= 11 is 0. The third-order valence-electron chi connectivity index (χ3n) is 3.15. The van der Waals surface area contributed by atoms with Crippen molar-refractivity contribution in [3.8, 4) is 0 Å². The van der Waals surface area contributed by atoms with Crippen LogP contribution in [0.4, 0.5) is 0 Å². The summed E-state index contributed by atoms with van der Waals surface area (Å²) in [4.78, 5) is 8.56. The Hall–Kier alpha value is -2.42. The van der Waals surface area contributed by atoms with Gasteiger partial charge >= 0.3 is 0 Å². The van der Waals surface area contributed by atoms with Crippen LogP contribution in [0.1, 0.15) is 0 Å². The van der Waals surface area contributed by atoms with Crippen LogP contribution in [-0.4, -0.2) is 14.4 Å². The van der Waals surface area contributed by atoms with Gasteiger partial charge in [0.1, 0.15) is 6.33 Å². The van der Waals surface area contributed by atoms with Crippen molar-refractivity contribution < 1.29 is 0 Å². The van der Waals surface area contributed by atoms with E-state index in [4.69, 9.17) is 0 Å². The molecule has 0 atom stereocenters. The van der Waals surface area contributed by atoms with Crippen molar-refractivity contribution in [1.82, 2.24) is 14.4 Å². The quantitative estimate of drug-likeness (QED) is 0.425. The van der Waals surface area contributed by atoms with E-state index in [9.17, 15) is 0 Å². The molecule has 0 saturated carbocycles. The first-order valence-electron chi connectivity index (χ1n) is 5.52. The molecular formula is C14H9N3. The van der Waals surface area contributed by atoms with Gasteiger partial charge in [-0.2, -0.15) is 0 Å². The lowest BCUT2D eigenvalue weighted by molar-refractivity contribution is 1.18. The monoisotopic (exact) mass is 219 g/mol. The smallest absolute Gasteiger partial charge is 0.116 e. The van der Waals surface area contributed by atoms with Crippen molar-refractivity contribution in [3.05, 3.63) is 55.1 Å². The highest BCUT2D eigenvalue weighted by atomic mass is 14.9. The molecule has 0 fully saturated rings. The van der Waals surface area contributed by atoms with E-state index in [0.717, 1.165) is 16.4 Å². The first kappa shape index (κ1) is 8.70. The molecule has 0 unspecified atom stereocenters. The molecular weight excluding hydrogens is 210 g/mol. The summed E-state index contributed by atoms with van der Waals surface area (Å²) in [6.07, 6.45) is 5.73. The molecule has 1 aromatic carbocycles. The third-order valence-corrected chi connectivity index (χ3v) is 3.15. The van der Waals surface area contributed by atoms with Crippen LogP contribution in [0.25, 0.3) is 27.3 Å². The summed E-state index contributed by atoms with van der Waals surface area (Å²) < 4.78 is 2.12. The van der Waals surface area contributed by atoms with E-state index in [1.807, 2.05) is 12.1 Å². The molecule has 4 aromatic rings. The molecule has 0 aliphatic rings. The Morgan fingerprint density at radius 1 is 0.824 bits per heavy atom. The number of rotatable bonds is 0. The number of aromatic nitrogens is 3. The van der Waals surface area contributed by atoms with Crippen molar-refractivity contribution in [2.24, 2.45) is 0 Å². The van der Waals surface area contributed by atoms with Gasteiger partial charge in [-0.25, -0.2) is 9.97 Å². The maximum Gasteiger partial charge on any atom is 0.116 e. The molecule has 0 aliphatic heterocycles. The zero-order chi connectivity index (χ0) is 11.2. The lowest BCUT2D eigenvalue weighted by Gasteiger charge is -2.05. The number of pyridine rings is 2. The van der Waals surface area contributed by atoms with E-state index in [-0.39, 0.29) is 0 Å². The fourth-order valence-corrected chi connectivity index (χ4v) is 2.35. The van der Waals surface area contributed by atoms with E-state index in [2.05, 4.69) is 51.0 Å². The van der Waals surface area contributed by atoms with Crippen LogP contribution in [0.2, 0.25) is 0 Å². The SMILES string of the molecule is c1ccn2ccc3c(ccc4ncnc43)c2c1. The summed E-state index contributed by atoms with van der Waals surface area (Å²) in [5.74, 6) is 0. The standard InChI is InChI=1S/C14H9N3/c1-2-7-17-8-6-11-10(13(17)3-1)4-5-12-14(11)16-9-15-12/h1-9H. The van der Waals surface area contributed by atoms with E-state index < -0.39 is 0 Å². The Morgan fingerprint density at radius 2 is 1.82 bits per heavy atom. The van der Waals surface area contributed by atoms with Crippen molar-refractivity contribution in [1.29, 1.82) is 0 Å². The molecule has 0 N–H and O–H groups in total. The number of nitrogens with zero attached hydrogens (tertiary/aromatic N) is 3. The molecule has 17 heavy (non-hydrogen) atoms. The topological polar surface area (TPSA) is 30.2 Å². The van der Waals surface area contributed by atoms with Gasteiger partial charge in [0.15, 0.2) is 0 Å². The maximum atomic E-state index is 4.33. The van der Waals surface area contributed by atoms with Gasteiger partial charge in [0.05, 0.1) is 16.6 Å². The molecule has 4 rings (SSSR count). The zero-order valence-electron chi connectivity index (χ0n) is 9.04. The van der Waals surface area contributed by atoms with Crippen molar-refractivity contribution >= 4 is 27.3 Å². The highest BCUT2D eigenvalue weighted by Gasteiger charge is 2.05. The predicted molar refractivity (Wildman–Crippen MR) is 68.0 cm³/mol. The van der Waals surface area contributed by atoms with Crippen LogP contribution in [-0.2, 0) is 0 Å². The normalized spacial score (nSPS) is 11.5. The van der Waals surface area contributed by atoms with Gasteiger partial charge in [0.2, 0.25) is 0 Å². The summed E-state index contributed by atoms with van der Waals surface area (Å²) in [5, 5.41) is 2.37. The molecule has 0 aliphatic carbocycles. The molecule has 3 nitrogen and oxygen atoms in total. The van der Waals surface area contributed by atoms with Gasteiger partial charge in [0.25, 0.3) is 0 Å². The van der Waals surface area contributed by atoms with Gasteiger partial charge < -0.3 is 4.40 Å². The van der Waals surface area contributed by atoms with Crippen molar-refractivity contribution in [2.45, 2.75) is 0 Å². The largest absolute Gasteiger partial charge is 0.323 e. The van der Waals surface area contributed by atoms with Gasteiger partial charge in [0, 0.05) is 23.2 Å². The van der Waals surface area contributed by atoms with Gasteiger partial charge in [-0.1, -0.05) is 6.07 Å². The lowest BCUT2D eigenvalue weighted by atomic mass is 10.1. The Morgan fingerprint density at radius 3 is 2.82 bits per heavy atom. The van der Waals surface area contributed by atoms with Crippen LogP contribution in [0.5, 0.6) is 0 Å². The van der Waals surface area contributed by atoms with Crippen molar-refractivity contribution in [2.75, 3.05) is 0 Å². The van der Waals surface area contributed by atoms with Gasteiger partial charge in [-0.05, 0) is 30.3 Å². The van der Waals surface area contributed by atoms with Crippen LogP contribution in [0, 0.1) is 0 Å². The minimum Gasteiger partial charge on any atom is -0.323 e. The predicted octanol–water partition coefficient (Wildman–Crippen LogP) is 3.04. The molecule has 0 bridgehead atoms. The highest BCUT2D eigenvalue weighted by Crippen LogP contribution is 2.25. The maximum absolute atomic E-state index is 4.33. The second-order valence-corrected chi connectivity index (χ2v) is 4.08. The van der Waals surface area contributed by atoms with Crippen LogP contribution in [0.15, 0.2) is 55.1 Å². The summed E-state index contributed by atoms with van der Waals surface area (Å²) in [7, 11) is 0. The van der Waals surface area contributed by atoms with E-state index in [1.165, 1.54) is 10.9 Å². The van der Waals surface area contributed by atoms with E-state index in [1.54, 1.807) is 6.33 Å². The summed E-state index contributed by atoms with van der Waals surface area (Å²) in [6, 6.07) is 12.4. The molecule has 0 spiro atoms. The Balaban J connectivity index is 2.34. The zero-order valence-corrected chi connectivity index (χ0v) is 9.04. The van der Waals surface area contributed by atoms with E-state index >= 15 is 0 Å². The Labute approximate surface area is 97.4 Å². The average Bonchev–Trinajstić information content (AvgIpc) is 2.86. The molecule has 3 heteroatoms. The second kappa shape index (κ2) is 3.04.